The molecule has 2 heterocycles. The Kier molecular flexibility index (Phi) is 3.52. The fourth-order valence-electron chi connectivity index (χ4n) is 1.56. The number of H-pyrrole nitrogens is 1. The Morgan fingerprint density at radius 3 is 3.00 bits per heavy atom. The fourth-order valence-corrected chi connectivity index (χ4v) is 2.55. The van der Waals surface area contributed by atoms with Crippen LogP contribution in [0.25, 0.3) is 0 Å². The summed E-state index contributed by atoms with van der Waals surface area (Å²) in [6.45, 7) is 0.347. The van der Waals surface area contributed by atoms with E-state index in [2.05, 4.69) is 10.2 Å². The summed E-state index contributed by atoms with van der Waals surface area (Å²) in [4.78, 5) is 10.5. The number of amides is 1. The van der Waals surface area contributed by atoms with Crippen molar-refractivity contribution in [2.75, 3.05) is 6.61 Å². The SMILES string of the molecule is NC(=O)O[C@@H]1CC[C@@H](c2n[nH]c(=S)s2)OC1. The first-order chi connectivity index (χ1) is 7.65. The lowest BCUT2D eigenvalue weighted by Crippen LogP contribution is -2.31. The van der Waals surface area contributed by atoms with E-state index in [9.17, 15) is 4.79 Å². The van der Waals surface area contributed by atoms with Gasteiger partial charge < -0.3 is 15.2 Å². The number of aromatic amines is 1. The monoisotopic (exact) mass is 261 g/mol. The van der Waals surface area contributed by atoms with Crippen LogP contribution >= 0.6 is 23.6 Å². The number of carbonyl (C=O) groups excluding carboxylic acids is 1. The van der Waals surface area contributed by atoms with Crippen LogP contribution < -0.4 is 5.73 Å². The number of hydrogen-bond donors (Lipinski definition) is 2. The maximum atomic E-state index is 10.5. The van der Waals surface area contributed by atoms with E-state index in [-0.39, 0.29) is 12.2 Å². The number of rotatable bonds is 2. The molecular formula is C8H11N3O3S2. The lowest BCUT2D eigenvalue weighted by Gasteiger charge is -2.26. The molecule has 1 aliphatic rings. The van der Waals surface area contributed by atoms with Gasteiger partial charge in [-0.05, 0) is 25.1 Å². The first-order valence-corrected chi connectivity index (χ1v) is 6.00. The first kappa shape index (κ1) is 11.5. The van der Waals surface area contributed by atoms with Crippen molar-refractivity contribution in [2.45, 2.75) is 25.0 Å². The molecule has 0 aromatic carbocycles. The van der Waals surface area contributed by atoms with Crippen LogP contribution in [0.3, 0.4) is 0 Å². The minimum atomic E-state index is -0.762. The van der Waals surface area contributed by atoms with Crippen molar-refractivity contribution in [3.8, 4) is 0 Å². The number of aromatic nitrogens is 2. The Balaban J connectivity index is 1.90. The Labute approximate surface area is 101 Å². The molecule has 2 rings (SSSR count). The molecule has 2 atom stereocenters. The van der Waals surface area contributed by atoms with Crippen LogP contribution in [-0.2, 0) is 9.47 Å². The number of ether oxygens (including phenoxy) is 2. The maximum Gasteiger partial charge on any atom is 0.404 e. The third-order valence-corrected chi connectivity index (χ3v) is 3.43. The van der Waals surface area contributed by atoms with Gasteiger partial charge >= 0.3 is 6.09 Å². The molecule has 0 saturated carbocycles. The predicted octanol–water partition coefficient (Wildman–Crippen LogP) is 1.52. The van der Waals surface area contributed by atoms with Crippen molar-refractivity contribution in [3.05, 3.63) is 8.96 Å². The third-order valence-electron chi connectivity index (χ3n) is 2.25. The standard InChI is InChI=1S/C8H11N3O3S2/c9-7(12)14-4-1-2-5(13-3-4)6-10-11-8(15)16-6/h4-5H,1-3H2,(H2,9,12)(H,11,15)/t4-,5+/m1/s1. The van der Waals surface area contributed by atoms with Gasteiger partial charge in [-0.15, -0.1) is 0 Å². The quantitative estimate of drug-likeness (QED) is 0.788. The second-order valence-electron chi connectivity index (χ2n) is 3.41. The van der Waals surface area contributed by atoms with Crippen molar-refractivity contribution < 1.29 is 14.3 Å². The zero-order chi connectivity index (χ0) is 11.5. The Hall–Kier alpha value is -0.990. The molecule has 0 radical (unpaired) electrons. The third kappa shape index (κ3) is 2.77. The Morgan fingerprint density at radius 1 is 1.69 bits per heavy atom. The van der Waals surface area contributed by atoms with Gasteiger partial charge in [0.1, 0.15) is 17.2 Å². The summed E-state index contributed by atoms with van der Waals surface area (Å²) < 4.78 is 11.0. The minimum Gasteiger partial charge on any atom is -0.444 e. The summed E-state index contributed by atoms with van der Waals surface area (Å²) in [6, 6.07) is 0. The van der Waals surface area contributed by atoms with Gasteiger partial charge in [-0.2, -0.15) is 5.10 Å². The summed E-state index contributed by atoms with van der Waals surface area (Å²) in [6.07, 6.45) is 0.391. The van der Waals surface area contributed by atoms with E-state index in [0.29, 0.717) is 10.6 Å². The van der Waals surface area contributed by atoms with Gasteiger partial charge in [0.2, 0.25) is 0 Å². The summed E-state index contributed by atoms with van der Waals surface area (Å²) in [7, 11) is 0. The normalized spacial score (nSPS) is 25.2. The molecule has 8 heteroatoms. The second-order valence-corrected chi connectivity index (χ2v) is 5.11. The zero-order valence-electron chi connectivity index (χ0n) is 8.34. The van der Waals surface area contributed by atoms with Gasteiger partial charge in [0.25, 0.3) is 0 Å². The fraction of sp³-hybridized carbons (Fsp3) is 0.625. The molecule has 1 saturated heterocycles. The average molecular weight is 261 g/mol. The van der Waals surface area contributed by atoms with E-state index < -0.39 is 6.09 Å². The number of nitrogens with zero attached hydrogens (tertiary/aromatic N) is 1. The molecule has 1 aromatic heterocycles. The van der Waals surface area contributed by atoms with Crippen molar-refractivity contribution in [3.63, 3.8) is 0 Å². The van der Waals surface area contributed by atoms with Crippen LogP contribution in [-0.4, -0.2) is 29.0 Å². The van der Waals surface area contributed by atoms with E-state index >= 15 is 0 Å². The average Bonchev–Trinajstić information content (AvgIpc) is 2.65. The van der Waals surface area contributed by atoms with Crippen molar-refractivity contribution in [1.29, 1.82) is 0 Å². The Bertz CT molecular complexity index is 422. The smallest absolute Gasteiger partial charge is 0.404 e. The molecule has 88 valence electrons. The molecule has 1 aliphatic heterocycles. The molecule has 0 aliphatic carbocycles. The zero-order valence-corrected chi connectivity index (χ0v) is 9.97. The minimum absolute atomic E-state index is 0.0642. The number of nitrogens with one attached hydrogen (secondary N) is 1. The van der Waals surface area contributed by atoms with Gasteiger partial charge in [-0.3, -0.25) is 5.10 Å². The van der Waals surface area contributed by atoms with Crippen molar-refractivity contribution in [1.82, 2.24) is 10.2 Å². The largest absolute Gasteiger partial charge is 0.444 e. The van der Waals surface area contributed by atoms with Gasteiger partial charge in [0, 0.05) is 0 Å². The highest BCUT2D eigenvalue weighted by atomic mass is 32.1. The van der Waals surface area contributed by atoms with Crippen LogP contribution in [0, 0.1) is 3.95 Å². The number of nitrogens with two attached hydrogens (primary N) is 1. The van der Waals surface area contributed by atoms with Gasteiger partial charge in [0.15, 0.2) is 3.95 Å². The van der Waals surface area contributed by atoms with Crippen LogP contribution in [0.4, 0.5) is 4.79 Å². The Morgan fingerprint density at radius 2 is 2.50 bits per heavy atom. The first-order valence-electron chi connectivity index (χ1n) is 4.78. The van der Waals surface area contributed by atoms with Crippen molar-refractivity contribution in [2.24, 2.45) is 5.73 Å². The number of primary amides is 1. The van der Waals surface area contributed by atoms with Crippen LogP contribution in [0.1, 0.15) is 24.0 Å². The molecule has 3 N–H and O–H groups in total. The van der Waals surface area contributed by atoms with Gasteiger partial charge in [-0.1, -0.05) is 11.3 Å². The molecular weight excluding hydrogens is 250 g/mol. The number of carbonyl (C=O) groups is 1. The van der Waals surface area contributed by atoms with E-state index in [1.54, 1.807) is 0 Å². The molecule has 0 bridgehead atoms. The molecule has 0 unspecified atom stereocenters. The lowest BCUT2D eigenvalue weighted by atomic mass is 10.1. The van der Waals surface area contributed by atoms with Crippen molar-refractivity contribution >= 4 is 29.6 Å². The summed E-state index contributed by atoms with van der Waals surface area (Å²) >= 11 is 6.34. The molecule has 1 aromatic rings. The summed E-state index contributed by atoms with van der Waals surface area (Å²) in [5, 5.41) is 7.60. The van der Waals surface area contributed by atoms with Crippen LogP contribution in [0.5, 0.6) is 0 Å². The predicted molar refractivity (Wildman–Crippen MR) is 59.7 cm³/mol. The molecule has 1 amide bonds. The topological polar surface area (TPSA) is 90.2 Å². The van der Waals surface area contributed by atoms with Crippen LogP contribution in [0.15, 0.2) is 0 Å². The molecule has 6 nitrogen and oxygen atoms in total. The maximum absolute atomic E-state index is 10.5. The molecule has 0 spiro atoms. The van der Waals surface area contributed by atoms with Crippen LogP contribution in [0.2, 0.25) is 0 Å². The van der Waals surface area contributed by atoms with E-state index in [1.807, 2.05) is 0 Å². The number of hydrogen-bond acceptors (Lipinski definition) is 6. The lowest BCUT2D eigenvalue weighted by molar-refractivity contribution is -0.0604. The van der Waals surface area contributed by atoms with E-state index in [0.717, 1.165) is 17.8 Å². The summed E-state index contributed by atoms with van der Waals surface area (Å²) in [5.41, 5.74) is 4.93. The van der Waals surface area contributed by atoms with E-state index in [4.69, 9.17) is 27.4 Å². The highest BCUT2D eigenvalue weighted by molar-refractivity contribution is 7.73. The van der Waals surface area contributed by atoms with E-state index in [1.165, 1.54) is 11.3 Å². The van der Waals surface area contributed by atoms with Gasteiger partial charge in [-0.25, -0.2) is 4.79 Å². The highest BCUT2D eigenvalue weighted by Crippen LogP contribution is 2.29. The van der Waals surface area contributed by atoms with Gasteiger partial charge in [0.05, 0.1) is 6.61 Å². The molecule has 1 fully saturated rings. The highest BCUT2D eigenvalue weighted by Gasteiger charge is 2.26. The second kappa shape index (κ2) is 4.89. The summed E-state index contributed by atoms with van der Waals surface area (Å²) in [5.74, 6) is 0. The molecule has 16 heavy (non-hydrogen) atoms.